The van der Waals surface area contributed by atoms with Crippen molar-refractivity contribution < 1.29 is 20.1 Å². The fourth-order valence-corrected chi connectivity index (χ4v) is 3.13. The zero-order valence-corrected chi connectivity index (χ0v) is 12.9. The second-order valence-corrected chi connectivity index (χ2v) is 6.18. The molecule has 0 amide bonds. The number of piperidine rings is 2. The highest BCUT2D eigenvalue weighted by atomic mass is 16.4. The molecule has 8 heteroatoms. The van der Waals surface area contributed by atoms with Crippen LogP contribution in [0.15, 0.2) is 12.3 Å². The summed E-state index contributed by atoms with van der Waals surface area (Å²) in [7, 11) is 0. The number of carboxylic acids is 1. The Morgan fingerprint density at radius 1 is 1.13 bits per heavy atom. The topological polar surface area (TPSA) is 110 Å². The Balaban J connectivity index is 1.73. The number of hydrogen-bond acceptors (Lipinski definition) is 7. The molecular weight excluding hydrogens is 300 g/mol. The Morgan fingerprint density at radius 2 is 1.83 bits per heavy atom. The van der Waals surface area contributed by atoms with Gasteiger partial charge in [-0.15, -0.1) is 0 Å². The lowest BCUT2D eigenvalue weighted by atomic mass is 9.95. The first-order chi connectivity index (χ1) is 11.0. The highest BCUT2D eigenvalue weighted by Gasteiger charge is 2.34. The molecule has 8 nitrogen and oxygen atoms in total. The van der Waals surface area contributed by atoms with Crippen molar-refractivity contribution in [2.45, 2.75) is 31.5 Å². The molecule has 3 rings (SSSR count). The Morgan fingerprint density at radius 3 is 2.52 bits per heavy atom. The van der Waals surface area contributed by atoms with Gasteiger partial charge in [0.05, 0.1) is 12.2 Å². The normalized spacial score (nSPS) is 26.3. The molecular formula is C15H22N4O4. The van der Waals surface area contributed by atoms with Crippen molar-refractivity contribution in [3.63, 3.8) is 0 Å². The van der Waals surface area contributed by atoms with E-state index < -0.39 is 18.0 Å². The van der Waals surface area contributed by atoms with Gasteiger partial charge in [0.1, 0.15) is 11.7 Å². The molecule has 2 fully saturated rings. The summed E-state index contributed by atoms with van der Waals surface area (Å²) in [4.78, 5) is 23.9. The number of nitrogens with zero attached hydrogens (tertiary/aromatic N) is 4. The third-order valence-corrected chi connectivity index (χ3v) is 4.59. The monoisotopic (exact) mass is 322 g/mol. The Hall–Kier alpha value is -1.93. The minimum atomic E-state index is -0.997. The van der Waals surface area contributed by atoms with E-state index in [1.54, 1.807) is 6.20 Å². The predicted octanol–water partition coefficient (Wildman–Crippen LogP) is -0.290. The second kappa shape index (κ2) is 6.67. The number of anilines is 2. The van der Waals surface area contributed by atoms with Gasteiger partial charge in [-0.2, -0.15) is 4.98 Å². The van der Waals surface area contributed by atoms with Gasteiger partial charge in [0.15, 0.2) is 0 Å². The van der Waals surface area contributed by atoms with Crippen LogP contribution >= 0.6 is 0 Å². The quantitative estimate of drug-likeness (QED) is 0.696. The smallest absolute Gasteiger partial charge is 0.310 e. The highest BCUT2D eigenvalue weighted by molar-refractivity contribution is 5.72. The number of rotatable bonds is 3. The minimum Gasteiger partial charge on any atom is -0.481 e. The molecule has 0 aromatic carbocycles. The molecule has 1 aromatic heterocycles. The average Bonchev–Trinajstić information content (AvgIpc) is 2.56. The summed E-state index contributed by atoms with van der Waals surface area (Å²) in [6, 6.07) is 1.83. The van der Waals surface area contributed by atoms with Gasteiger partial charge in [-0.1, -0.05) is 0 Å². The van der Waals surface area contributed by atoms with Crippen LogP contribution in [0.1, 0.15) is 19.3 Å². The van der Waals surface area contributed by atoms with E-state index in [9.17, 15) is 20.1 Å². The fraction of sp³-hybridized carbons (Fsp3) is 0.667. The van der Waals surface area contributed by atoms with Gasteiger partial charge >= 0.3 is 5.97 Å². The molecule has 2 atom stereocenters. The lowest BCUT2D eigenvalue weighted by Gasteiger charge is -2.35. The molecule has 0 radical (unpaired) electrons. The van der Waals surface area contributed by atoms with Crippen LogP contribution in [0.25, 0.3) is 0 Å². The first-order valence-electron chi connectivity index (χ1n) is 7.96. The number of aliphatic carboxylic acids is 1. The van der Waals surface area contributed by atoms with E-state index in [0.29, 0.717) is 18.9 Å². The van der Waals surface area contributed by atoms with Crippen LogP contribution in [0.4, 0.5) is 11.8 Å². The summed E-state index contributed by atoms with van der Waals surface area (Å²) in [6.07, 6.45) is 2.43. The standard InChI is InChI=1S/C15H22N4O4/c20-10-2-6-18(7-3-10)13-1-5-16-15(17-13)19-8-4-12(21)11(9-19)14(22)23/h1,5,10-12,20-21H,2-4,6-9H2,(H,22,23)/t11-,12+/m1/s1. The third-order valence-electron chi connectivity index (χ3n) is 4.59. The van der Waals surface area contributed by atoms with Gasteiger partial charge in [0, 0.05) is 32.4 Å². The lowest BCUT2D eigenvalue weighted by Crippen LogP contribution is -2.47. The Kier molecular flexibility index (Phi) is 4.63. The molecule has 0 saturated carbocycles. The van der Waals surface area contributed by atoms with E-state index in [1.165, 1.54) is 0 Å². The van der Waals surface area contributed by atoms with Crippen LogP contribution in [0.3, 0.4) is 0 Å². The largest absolute Gasteiger partial charge is 0.481 e. The van der Waals surface area contributed by atoms with Crippen molar-refractivity contribution in [3.8, 4) is 0 Å². The van der Waals surface area contributed by atoms with Crippen molar-refractivity contribution in [2.75, 3.05) is 36.0 Å². The number of carbonyl (C=O) groups is 1. The number of aromatic nitrogens is 2. The zero-order valence-electron chi connectivity index (χ0n) is 12.9. The van der Waals surface area contributed by atoms with E-state index in [4.69, 9.17) is 0 Å². The summed E-state index contributed by atoms with van der Waals surface area (Å²) in [5.41, 5.74) is 0. The van der Waals surface area contributed by atoms with Crippen molar-refractivity contribution in [1.82, 2.24) is 9.97 Å². The molecule has 0 unspecified atom stereocenters. The van der Waals surface area contributed by atoms with E-state index in [-0.39, 0.29) is 12.6 Å². The van der Waals surface area contributed by atoms with Crippen LogP contribution < -0.4 is 9.80 Å². The maximum atomic E-state index is 11.2. The highest BCUT2D eigenvalue weighted by Crippen LogP contribution is 2.24. The first kappa shape index (κ1) is 15.9. The molecule has 3 N–H and O–H groups in total. The van der Waals surface area contributed by atoms with Crippen molar-refractivity contribution in [3.05, 3.63) is 12.3 Å². The van der Waals surface area contributed by atoms with Gasteiger partial charge < -0.3 is 25.1 Å². The molecule has 3 heterocycles. The molecule has 1 aromatic rings. The summed E-state index contributed by atoms with van der Waals surface area (Å²) in [5, 5.41) is 28.6. The van der Waals surface area contributed by atoms with Crippen LogP contribution in [-0.4, -0.2) is 69.6 Å². The summed E-state index contributed by atoms with van der Waals surface area (Å²) in [6.45, 7) is 2.23. The van der Waals surface area contributed by atoms with Gasteiger partial charge in [0.2, 0.25) is 5.95 Å². The molecule has 23 heavy (non-hydrogen) atoms. The maximum absolute atomic E-state index is 11.2. The van der Waals surface area contributed by atoms with Crippen LogP contribution in [0.2, 0.25) is 0 Å². The molecule has 126 valence electrons. The van der Waals surface area contributed by atoms with Gasteiger partial charge in [0.25, 0.3) is 0 Å². The molecule has 0 aliphatic carbocycles. The molecule has 2 aliphatic heterocycles. The van der Waals surface area contributed by atoms with Gasteiger partial charge in [-0.25, -0.2) is 4.98 Å². The van der Waals surface area contributed by atoms with Crippen LogP contribution in [0, 0.1) is 5.92 Å². The zero-order chi connectivity index (χ0) is 16.4. The van der Waals surface area contributed by atoms with Crippen LogP contribution in [-0.2, 0) is 4.79 Å². The summed E-state index contributed by atoms with van der Waals surface area (Å²) < 4.78 is 0. The first-order valence-corrected chi connectivity index (χ1v) is 7.96. The molecule has 0 bridgehead atoms. The minimum absolute atomic E-state index is 0.207. The van der Waals surface area contributed by atoms with E-state index in [2.05, 4.69) is 14.9 Å². The van der Waals surface area contributed by atoms with Crippen molar-refractivity contribution in [1.29, 1.82) is 0 Å². The number of aliphatic hydroxyl groups excluding tert-OH is 2. The summed E-state index contributed by atoms with van der Waals surface area (Å²) in [5.74, 6) is -0.531. The predicted molar refractivity (Wildman–Crippen MR) is 83.4 cm³/mol. The maximum Gasteiger partial charge on any atom is 0.310 e. The molecule has 0 spiro atoms. The molecule has 2 aliphatic rings. The van der Waals surface area contributed by atoms with Crippen LogP contribution in [0.5, 0.6) is 0 Å². The Bertz CT molecular complexity index is 562. The van der Waals surface area contributed by atoms with Gasteiger partial charge in [-0.05, 0) is 25.3 Å². The summed E-state index contributed by atoms with van der Waals surface area (Å²) >= 11 is 0. The number of carboxylic acid groups (broad SMARTS) is 1. The molecule has 2 saturated heterocycles. The van der Waals surface area contributed by atoms with E-state index in [1.807, 2.05) is 11.0 Å². The van der Waals surface area contributed by atoms with E-state index >= 15 is 0 Å². The van der Waals surface area contributed by atoms with Crippen molar-refractivity contribution >= 4 is 17.7 Å². The Labute approximate surface area is 134 Å². The lowest BCUT2D eigenvalue weighted by molar-refractivity contribution is -0.146. The second-order valence-electron chi connectivity index (χ2n) is 6.18. The fourth-order valence-electron chi connectivity index (χ4n) is 3.13. The van der Waals surface area contributed by atoms with Gasteiger partial charge in [-0.3, -0.25) is 4.79 Å². The third kappa shape index (κ3) is 3.53. The SMILES string of the molecule is O=C(O)[C@@H]1CN(c2nccc(N3CCC(O)CC3)n2)CC[C@@H]1O. The van der Waals surface area contributed by atoms with E-state index in [0.717, 1.165) is 31.7 Å². The van der Waals surface area contributed by atoms with Crippen molar-refractivity contribution in [2.24, 2.45) is 5.92 Å². The number of aliphatic hydroxyl groups is 2. The average molecular weight is 322 g/mol. The number of hydrogen-bond donors (Lipinski definition) is 3.